The van der Waals surface area contributed by atoms with Gasteiger partial charge in [-0.25, -0.2) is 9.18 Å². The number of amides is 1. The standard InChI is InChI=1S/C22H24FNO3/c1-22(2,3)27-21(25)24-11-7-10-17-12-18(13-20(23)19(17)14-24)26-15-16-8-5-4-6-9-16/h4-10,12-13H,11,14-15H2,1-3H3. The van der Waals surface area contributed by atoms with Crippen LogP contribution in [0.2, 0.25) is 0 Å². The van der Waals surface area contributed by atoms with Gasteiger partial charge in [-0.15, -0.1) is 0 Å². The Morgan fingerprint density at radius 1 is 1.19 bits per heavy atom. The van der Waals surface area contributed by atoms with E-state index in [2.05, 4.69) is 0 Å². The fraction of sp³-hybridized carbons (Fsp3) is 0.318. The maximum Gasteiger partial charge on any atom is 0.410 e. The second kappa shape index (κ2) is 7.82. The summed E-state index contributed by atoms with van der Waals surface area (Å²) < 4.78 is 25.9. The smallest absolute Gasteiger partial charge is 0.410 e. The summed E-state index contributed by atoms with van der Waals surface area (Å²) in [5, 5.41) is 0. The molecular formula is C22H24FNO3. The lowest BCUT2D eigenvalue weighted by Gasteiger charge is -2.26. The Labute approximate surface area is 159 Å². The summed E-state index contributed by atoms with van der Waals surface area (Å²) in [5.41, 5.74) is 1.59. The van der Waals surface area contributed by atoms with Crippen LogP contribution in [-0.2, 0) is 17.9 Å². The van der Waals surface area contributed by atoms with Crippen LogP contribution in [0, 0.1) is 5.82 Å². The zero-order valence-electron chi connectivity index (χ0n) is 15.9. The van der Waals surface area contributed by atoms with Crippen molar-refractivity contribution < 1.29 is 18.7 Å². The van der Waals surface area contributed by atoms with Crippen molar-refractivity contribution >= 4 is 12.2 Å². The number of carbonyl (C=O) groups is 1. The Hall–Kier alpha value is -2.82. The molecule has 5 heteroatoms. The maximum absolute atomic E-state index is 14.7. The SMILES string of the molecule is CC(C)(C)OC(=O)N1CC=Cc2cc(OCc3ccccc3)cc(F)c2C1. The molecule has 1 aliphatic rings. The second-order valence-electron chi connectivity index (χ2n) is 7.51. The molecule has 0 unspecified atom stereocenters. The van der Waals surface area contributed by atoms with E-state index in [1.54, 1.807) is 6.07 Å². The van der Waals surface area contributed by atoms with Crippen molar-refractivity contribution in [3.8, 4) is 5.75 Å². The molecule has 0 N–H and O–H groups in total. The molecule has 0 atom stereocenters. The Kier molecular flexibility index (Phi) is 5.49. The van der Waals surface area contributed by atoms with Gasteiger partial charge in [0.25, 0.3) is 0 Å². The molecule has 0 aliphatic carbocycles. The Balaban J connectivity index is 1.76. The van der Waals surface area contributed by atoms with E-state index in [-0.39, 0.29) is 6.54 Å². The third-order valence-electron chi connectivity index (χ3n) is 4.08. The monoisotopic (exact) mass is 369 g/mol. The first kappa shape index (κ1) is 19.0. The van der Waals surface area contributed by atoms with Crippen LogP contribution in [0.1, 0.15) is 37.5 Å². The molecule has 0 bridgehead atoms. The average molecular weight is 369 g/mol. The number of halogens is 1. The van der Waals surface area contributed by atoms with Crippen molar-refractivity contribution in [2.24, 2.45) is 0 Å². The van der Waals surface area contributed by atoms with E-state index in [9.17, 15) is 9.18 Å². The van der Waals surface area contributed by atoms with Crippen LogP contribution in [0.5, 0.6) is 5.75 Å². The number of carbonyl (C=O) groups excluding carboxylic acids is 1. The Bertz CT molecular complexity index is 841. The molecule has 1 heterocycles. The molecule has 0 radical (unpaired) electrons. The summed E-state index contributed by atoms with van der Waals surface area (Å²) in [4.78, 5) is 13.8. The molecule has 1 amide bonds. The van der Waals surface area contributed by atoms with Crippen molar-refractivity contribution in [3.63, 3.8) is 0 Å². The lowest BCUT2D eigenvalue weighted by molar-refractivity contribution is 0.0256. The maximum atomic E-state index is 14.7. The van der Waals surface area contributed by atoms with Crippen molar-refractivity contribution in [1.29, 1.82) is 0 Å². The van der Waals surface area contributed by atoms with Gasteiger partial charge < -0.3 is 14.4 Å². The van der Waals surface area contributed by atoms with E-state index in [0.29, 0.717) is 30.0 Å². The molecule has 0 saturated heterocycles. The fourth-order valence-corrected chi connectivity index (χ4v) is 2.80. The number of rotatable bonds is 3. The Morgan fingerprint density at radius 2 is 1.93 bits per heavy atom. The lowest BCUT2D eigenvalue weighted by atomic mass is 10.1. The first-order chi connectivity index (χ1) is 12.8. The molecule has 0 aromatic heterocycles. The minimum Gasteiger partial charge on any atom is -0.489 e. The molecule has 2 aromatic rings. The van der Waals surface area contributed by atoms with Crippen molar-refractivity contribution in [2.45, 2.75) is 39.5 Å². The molecule has 0 spiro atoms. The van der Waals surface area contributed by atoms with E-state index >= 15 is 0 Å². The lowest BCUT2D eigenvalue weighted by Crippen LogP contribution is -2.36. The summed E-state index contributed by atoms with van der Waals surface area (Å²) in [7, 11) is 0. The summed E-state index contributed by atoms with van der Waals surface area (Å²) in [6.07, 6.45) is 3.19. The number of nitrogens with zero attached hydrogens (tertiary/aromatic N) is 1. The van der Waals surface area contributed by atoms with E-state index in [1.165, 1.54) is 11.0 Å². The zero-order chi connectivity index (χ0) is 19.4. The highest BCUT2D eigenvalue weighted by atomic mass is 19.1. The van der Waals surface area contributed by atoms with Gasteiger partial charge in [0.15, 0.2) is 0 Å². The number of benzene rings is 2. The highest BCUT2D eigenvalue weighted by Crippen LogP contribution is 2.27. The highest BCUT2D eigenvalue weighted by molar-refractivity contribution is 5.70. The van der Waals surface area contributed by atoms with E-state index in [0.717, 1.165) is 5.56 Å². The van der Waals surface area contributed by atoms with E-state index in [1.807, 2.05) is 63.3 Å². The van der Waals surface area contributed by atoms with Gasteiger partial charge in [-0.1, -0.05) is 42.5 Å². The molecular weight excluding hydrogens is 345 g/mol. The van der Waals surface area contributed by atoms with Crippen molar-refractivity contribution in [2.75, 3.05) is 6.54 Å². The predicted molar refractivity (Wildman–Crippen MR) is 103 cm³/mol. The first-order valence-corrected chi connectivity index (χ1v) is 8.95. The molecule has 4 nitrogen and oxygen atoms in total. The van der Waals surface area contributed by atoms with Crippen LogP contribution < -0.4 is 4.74 Å². The zero-order valence-corrected chi connectivity index (χ0v) is 15.9. The minimum atomic E-state index is -0.594. The molecule has 27 heavy (non-hydrogen) atoms. The third-order valence-corrected chi connectivity index (χ3v) is 4.08. The van der Waals surface area contributed by atoms with Gasteiger partial charge in [0.1, 0.15) is 23.8 Å². The van der Waals surface area contributed by atoms with E-state index < -0.39 is 17.5 Å². The van der Waals surface area contributed by atoms with Crippen LogP contribution in [0.25, 0.3) is 6.08 Å². The minimum absolute atomic E-state index is 0.155. The van der Waals surface area contributed by atoms with Crippen LogP contribution in [-0.4, -0.2) is 23.1 Å². The largest absolute Gasteiger partial charge is 0.489 e. The van der Waals surface area contributed by atoms with Crippen molar-refractivity contribution in [3.05, 3.63) is 71.0 Å². The van der Waals surface area contributed by atoms with Gasteiger partial charge in [0.2, 0.25) is 0 Å². The summed E-state index contributed by atoms with van der Waals surface area (Å²) >= 11 is 0. The summed E-state index contributed by atoms with van der Waals surface area (Å²) in [6.45, 7) is 6.31. The molecule has 1 aliphatic heterocycles. The number of hydrogen-bond acceptors (Lipinski definition) is 3. The molecule has 2 aromatic carbocycles. The third kappa shape index (κ3) is 5.09. The van der Waals surface area contributed by atoms with Crippen LogP contribution >= 0.6 is 0 Å². The number of hydrogen-bond donors (Lipinski definition) is 0. The molecule has 0 fully saturated rings. The highest BCUT2D eigenvalue weighted by Gasteiger charge is 2.25. The second-order valence-corrected chi connectivity index (χ2v) is 7.51. The van der Waals surface area contributed by atoms with E-state index in [4.69, 9.17) is 9.47 Å². The van der Waals surface area contributed by atoms with Gasteiger partial charge in [-0.05, 0) is 38.0 Å². The first-order valence-electron chi connectivity index (χ1n) is 8.95. The number of ether oxygens (including phenoxy) is 2. The summed E-state index contributed by atoms with van der Waals surface area (Å²) in [5.74, 6) is 0.0705. The fourth-order valence-electron chi connectivity index (χ4n) is 2.80. The Morgan fingerprint density at radius 3 is 2.63 bits per heavy atom. The molecule has 0 saturated carbocycles. The van der Waals surface area contributed by atoms with Crippen LogP contribution in [0.3, 0.4) is 0 Å². The quantitative estimate of drug-likeness (QED) is 0.749. The molecule has 142 valence electrons. The molecule has 3 rings (SSSR count). The predicted octanol–water partition coefficient (Wildman–Crippen LogP) is 5.17. The normalized spacial score (nSPS) is 13.7. The van der Waals surface area contributed by atoms with Crippen molar-refractivity contribution in [1.82, 2.24) is 4.90 Å². The summed E-state index contributed by atoms with van der Waals surface area (Å²) in [6, 6.07) is 12.9. The van der Waals surface area contributed by atoms with Crippen LogP contribution in [0.4, 0.5) is 9.18 Å². The van der Waals surface area contributed by atoms with Gasteiger partial charge in [-0.2, -0.15) is 0 Å². The van der Waals surface area contributed by atoms with Gasteiger partial charge in [0, 0.05) is 18.2 Å². The average Bonchev–Trinajstić information content (AvgIpc) is 2.82. The van der Waals surface area contributed by atoms with Gasteiger partial charge >= 0.3 is 6.09 Å². The van der Waals surface area contributed by atoms with Gasteiger partial charge in [-0.3, -0.25) is 0 Å². The topological polar surface area (TPSA) is 38.8 Å². The van der Waals surface area contributed by atoms with Crippen LogP contribution in [0.15, 0.2) is 48.5 Å². The number of fused-ring (bicyclic) bond motifs is 1. The van der Waals surface area contributed by atoms with Gasteiger partial charge in [0.05, 0.1) is 6.54 Å².